The molecule has 144 valence electrons. The predicted molar refractivity (Wildman–Crippen MR) is 105 cm³/mol. The molecular formula is C22H27NO4. The van der Waals surface area contributed by atoms with Crippen molar-refractivity contribution in [1.29, 1.82) is 0 Å². The number of aliphatic carboxylic acids is 1. The molecular weight excluding hydrogens is 342 g/mol. The first kappa shape index (κ1) is 20.5. The SMILES string of the molecule is CC(Oc1ccc(C(C)(C)C)cc1)C(=O)NC(Cc1ccccc1)C(=O)O. The topological polar surface area (TPSA) is 75.6 Å². The number of ether oxygens (including phenoxy) is 1. The largest absolute Gasteiger partial charge is 0.481 e. The molecule has 1 amide bonds. The maximum Gasteiger partial charge on any atom is 0.326 e. The number of hydrogen-bond donors (Lipinski definition) is 2. The number of rotatable bonds is 7. The van der Waals surface area contributed by atoms with Gasteiger partial charge in [-0.1, -0.05) is 63.2 Å². The first-order chi connectivity index (χ1) is 12.7. The zero-order valence-electron chi connectivity index (χ0n) is 16.2. The van der Waals surface area contributed by atoms with Crippen LogP contribution in [0.25, 0.3) is 0 Å². The predicted octanol–water partition coefficient (Wildman–Crippen LogP) is 3.56. The number of carboxylic acid groups (broad SMARTS) is 1. The number of hydrogen-bond acceptors (Lipinski definition) is 3. The molecule has 0 spiro atoms. The van der Waals surface area contributed by atoms with Crippen molar-refractivity contribution in [2.45, 2.75) is 51.7 Å². The smallest absolute Gasteiger partial charge is 0.326 e. The van der Waals surface area contributed by atoms with Gasteiger partial charge in [0.25, 0.3) is 5.91 Å². The lowest BCUT2D eigenvalue weighted by molar-refractivity contribution is -0.142. The van der Waals surface area contributed by atoms with E-state index in [0.717, 1.165) is 5.56 Å². The molecule has 0 radical (unpaired) electrons. The van der Waals surface area contributed by atoms with Crippen LogP contribution in [-0.2, 0) is 21.4 Å². The normalized spacial score (nSPS) is 13.5. The lowest BCUT2D eigenvalue weighted by Crippen LogP contribution is -2.47. The van der Waals surface area contributed by atoms with Crippen LogP contribution in [0.2, 0.25) is 0 Å². The van der Waals surface area contributed by atoms with Gasteiger partial charge in [-0.2, -0.15) is 0 Å². The van der Waals surface area contributed by atoms with E-state index >= 15 is 0 Å². The molecule has 0 aliphatic carbocycles. The van der Waals surface area contributed by atoms with Crippen LogP contribution in [0.1, 0.15) is 38.8 Å². The van der Waals surface area contributed by atoms with Crippen molar-refractivity contribution in [2.24, 2.45) is 0 Å². The van der Waals surface area contributed by atoms with Crippen molar-refractivity contribution >= 4 is 11.9 Å². The van der Waals surface area contributed by atoms with Crippen LogP contribution in [0.15, 0.2) is 54.6 Å². The molecule has 0 bridgehead atoms. The molecule has 2 N–H and O–H groups in total. The van der Waals surface area contributed by atoms with E-state index in [0.29, 0.717) is 5.75 Å². The van der Waals surface area contributed by atoms with E-state index in [2.05, 4.69) is 26.1 Å². The van der Waals surface area contributed by atoms with Crippen LogP contribution in [0.3, 0.4) is 0 Å². The van der Waals surface area contributed by atoms with Gasteiger partial charge in [-0.15, -0.1) is 0 Å². The maximum absolute atomic E-state index is 12.4. The van der Waals surface area contributed by atoms with Crippen molar-refractivity contribution in [1.82, 2.24) is 5.32 Å². The van der Waals surface area contributed by atoms with Gasteiger partial charge in [-0.25, -0.2) is 4.79 Å². The molecule has 0 aliphatic rings. The minimum Gasteiger partial charge on any atom is -0.481 e. The Kier molecular flexibility index (Phi) is 6.61. The maximum atomic E-state index is 12.4. The molecule has 0 saturated carbocycles. The molecule has 2 atom stereocenters. The molecule has 0 aromatic heterocycles. The van der Waals surface area contributed by atoms with E-state index in [4.69, 9.17) is 4.74 Å². The lowest BCUT2D eigenvalue weighted by Gasteiger charge is -2.21. The highest BCUT2D eigenvalue weighted by molar-refractivity contribution is 5.86. The van der Waals surface area contributed by atoms with Crippen molar-refractivity contribution in [3.63, 3.8) is 0 Å². The van der Waals surface area contributed by atoms with Crippen molar-refractivity contribution < 1.29 is 19.4 Å². The Bertz CT molecular complexity index is 763. The summed E-state index contributed by atoms with van der Waals surface area (Å²) in [5, 5.41) is 12.0. The second-order valence-corrected chi connectivity index (χ2v) is 7.62. The van der Waals surface area contributed by atoms with E-state index in [-0.39, 0.29) is 11.8 Å². The highest BCUT2D eigenvalue weighted by atomic mass is 16.5. The average molecular weight is 369 g/mol. The molecule has 27 heavy (non-hydrogen) atoms. The van der Waals surface area contributed by atoms with Gasteiger partial charge in [0.15, 0.2) is 6.10 Å². The molecule has 2 aromatic carbocycles. The van der Waals surface area contributed by atoms with E-state index in [1.54, 1.807) is 6.92 Å². The number of nitrogens with one attached hydrogen (secondary N) is 1. The highest BCUT2D eigenvalue weighted by Crippen LogP contribution is 2.24. The first-order valence-electron chi connectivity index (χ1n) is 9.01. The van der Waals surface area contributed by atoms with Crippen LogP contribution >= 0.6 is 0 Å². The molecule has 5 nitrogen and oxygen atoms in total. The summed E-state index contributed by atoms with van der Waals surface area (Å²) in [6.45, 7) is 7.97. The zero-order valence-corrected chi connectivity index (χ0v) is 16.2. The summed E-state index contributed by atoms with van der Waals surface area (Å²) in [4.78, 5) is 23.9. The Morgan fingerprint density at radius 3 is 2.15 bits per heavy atom. The first-order valence-corrected chi connectivity index (χ1v) is 9.01. The van der Waals surface area contributed by atoms with E-state index < -0.39 is 24.0 Å². The van der Waals surface area contributed by atoms with Crippen LogP contribution in [0.5, 0.6) is 5.75 Å². The van der Waals surface area contributed by atoms with Crippen LogP contribution in [-0.4, -0.2) is 29.1 Å². The number of carboxylic acids is 1. The molecule has 5 heteroatoms. The van der Waals surface area contributed by atoms with Gasteiger partial charge in [0.05, 0.1) is 0 Å². The monoisotopic (exact) mass is 369 g/mol. The van der Waals surface area contributed by atoms with Crippen molar-refractivity contribution in [2.75, 3.05) is 0 Å². The Morgan fingerprint density at radius 2 is 1.63 bits per heavy atom. The lowest BCUT2D eigenvalue weighted by atomic mass is 9.87. The summed E-state index contributed by atoms with van der Waals surface area (Å²) in [6, 6.07) is 15.8. The fourth-order valence-corrected chi connectivity index (χ4v) is 2.63. The molecule has 2 rings (SSSR count). The number of amides is 1. The van der Waals surface area contributed by atoms with Gasteiger partial charge >= 0.3 is 5.97 Å². The van der Waals surface area contributed by atoms with Gasteiger partial charge in [0.2, 0.25) is 0 Å². The summed E-state index contributed by atoms with van der Waals surface area (Å²) < 4.78 is 5.67. The fourth-order valence-electron chi connectivity index (χ4n) is 2.63. The molecule has 0 saturated heterocycles. The van der Waals surface area contributed by atoms with Gasteiger partial charge in [0, 0.05) is 6.42 Å². The summed E-state index contributed by atoms with van der Waals surface area (Å²) in [7, 11) is 0. The Morgan fingerprint density at radius 1 is 1.04 bits per heavy atom. The van der Waals surface area contributed by atoms with Gasteiger partial charge < -0.3 is 15.2 Å². The standard InChI is InChI=1S/C22H27NO4/c1-15(27-18-12-10-17(11-13-18)22(2,3)4)20(24)23-19(21(25)26)14-16-8-6-5-7-9-16/h5-13,15,19H,14H2,1-4H3,(H,23,24)(H,25,26). The minimum absolute atomic E-state index is 0.0354. The molecule has 0 fully saturated rings. The molecule has 2 aromatic rings. The quantitative estimate of drug-likeness (QED) is 0.782. The number of carbonyl (C=O) groups is 2. The third-order valence-electron chi connectivity index (χ3n) is 4.30. The summed E-state index contributed by atoms with van der Waals surface area (Å²) >= 11 is 0. The van der Waals surface area contributed by atoms with Crippen LogP contribution in [0.4, 0.5) is 0 Å². The van der Waals surface area contributed by atoms with E-state index in [1.165, 1.54) is 5.56 Å². The third kappa shape index (κ3) is 6.13. The van der Waals surface area contributed by atoms with Crippen molar-refractivity contribution in [3.05, 3.63) is 65.7 Å². The van der Waals surface area contributed by atoms with Gasteiger partial charge in [-0.3, -0.25) is 4.79 Å². The molecule has 2 unspecified atom stereocenters. The highest BCUT2D eigenvalue weighted by Gasteiger charge is 2.24. The minimum atomic E-state index is -1.08. The number of carbonyl (C=O) groups excluding carboxylic acids is 1. The fraction of sp³-hybridized carbons (Fsp3) is 0.364. The summed E-state index contributed by atoms with van der Waals surface area (Å²) in [6.07, 6.45) is -0.586. The zero-order chi connectivity index (χ0) is 20.0. The van der Waals surface area contributed by atoms with Crippen molar-refractivity contribution in [3.8, 4) is 5.75 Å². The van der Waals surface area contributed by atoms with Gasteiger partial charge in [0.1, 0.15) is 11.8 Å². The van der Waals surface area contributed by atoms with E-state index in [1.807, 2.05) is 54.6 Å². The Labute approximate surface area is 160 Å². The second-order valence-electron chi connectivity index (χ2n) is 7.62. The van der Waals surface area contributed by atoms with E-state index in [9.17, 15) is 14.7 Å². The second kappa shape index (κ2) is 8.71. The van der Waals surface area contributed by atoms with Gasteiger partial charge in [-0.05, 0) is 35.6 Å². The van der Waals surface area contributed by atoms with Crippen LogP contribution < -0.4 is 10.1 Å². The van der Waals surface area contributed by atoms with Crippen LogP contribution in [0, 0.1) is 0 Å². The average Bonchev–Trinajstić information content (AvgIpc) is 2.61. The Hall–Kier alpha value is -2.82. The molecule has 0 aliphatic heterocycles. The third-order valence-corrected chi connectivity index (χ3v) is 4.30. The Balaban J connectivity index is 1.97. The summed E-state index contributed by atoms with van der Waals surface area (Å²) in [5.41, 5.74) is 2.05. The molecule has 0 heterocycles. The number of benzene rings is 2. The summed E-state index contributed by atoms with van der Waals surface area (Å²) in [5.74, 6) is -0.965.